The zero-order chi connectivity index (χ0) is 9.71. The van der Waals surface area contributed by atoms with E-state index in [9.17, 15) is 9.59 Å². The van der Waals surface area contributed by atoms with Crippen LogP contribution in [0.3, 0.4) is 0 Å². The molecule has 2 aliphatic heterocycles. The number of hydrogen-bond donors (Lipinski definition) is 2. The first-order valence-electron chi connectivity index (χ1n) is 4.52. The number of amides is 2. The standard InChI is InChI=1S/C8H8N4O2/c13-7-3-1-2-4-6(5(3)9-11-7)10-12-8(4)14/h3-4H,1-2H2,(H,11,13)(H,12,14). The molecule has 1 fully saturated rings. The molecule has 1 saturated carbocycles. The molecular weight excluding hydrogens is 184 g/mol. The molecule has 2 amide bonds. The lowest BCUT2D eigenvalue weighted by molar-refractivity contribution is -0.124. The quantitative estimate of drug-likeness (QED) is 0.515. The topological polar surface area (TPSA) is 82.9 Å². The number of hydrogen-bond acceptors (Lipinski definition) is 4. The van der Waals surface area contributed by atoms with Crippen molar-refractivity contribution >= 4 is 23.2 Å². The van der Waals surface area contributed by atoms with Crippen molar-refractivity contribution in [3.8, 4) is 0 Å². The molecule has 0 radical (unpaired) electrons. The summed E-state index contributed by atoms with van der Waals surface area (Å²) in [6, 6.07) is 0. The summed E-state index contributed by atoms with van der Waals surface area (Å²) in [4.78, 5) is 22.6. The molecule has 0 saturated heterocycles. The van der Waals surface area contributed by atoms with Crippen LogP contribution in [-0.4, -0.2) is 23.2 Å². The van der Waals surface area contributed by atoms with Crippen molar-refractivity contribution in [2.24, 2.45) is 22.0 Å². The highest BCUT2D eigenvalue weighted by atomic mass is 16.2. The van der Waals surface area contributed by atoms with E-state index < -0.39 is 0 Å². The molecule has 72 valence electrons. The summed E-state index contributed by atoms with van der Waals surface area (Å²) in [6.45, 7) is 0. The molecule has 1 aliphatic carbocycles. The predicted octanol–water partition coefficient (Wildman–Crippen LogP) is -1.02. The van der Waals surface area contributed by atoms with E-state index in [-0.39, 0.29) is 23.7 Å². The third kappa shape index (κ3) is 0.799. The molecule has 2 heterocycles. The van der Waals surface area contributed by atoms with Gasteiger partial charge in [0.05, 0.1) is 23.3 Å². The molecule has 0 bridgehead atoms. The Hall–Kier alpha value is -1.72. The van der Waals surface area contributed by atoms with E-state index in [1.807, 2.05) is 0 Å². The van der Waals surface area contributed by atoms with E-state index in [1.165, 1.54) is 0 Å². The average Bonchev–Trinajstić information content (AvgIpc) is 2.72. The predicted molar refractivity (Wildman–Crippen MR) is 47.4 cm³/mol. The minimum atomic E-state index is -0.197. The first-order valence-corrected chi connectivity index (χ1v) is 4.52. The molecule has 14 heavy (non-hydrogen) atoms. The molecular formula is C8H8N4O2. The molecule has 2 unspecified atom stereocenters. The lowest BCUT2D eigenvalue weighted by Crippen LogP contribution is -2.38. The summed E-state index contributed by atoms with van der Waals surface area (Å²) >= 11 is 0. The van der Waals surface area contributed by atoms with E-state index in [2.05, 4.69) is 21.1 Å². The first-order chi connectivity index (χ1) is 6.77. The highest BCUT2D eigenvalue weighted by Gasteiger charge is 2.45. The molecule has 2 atom stereocenters. The van der Waals surface area contributed by atoms with Gasteiger partial charge in [-0.2, -0.15) is 10.2 Å². The Kier molecular flexibility index (Phi) is 1.31. The van der Waals surface area contributed by atoms with Crippen LogP contribution in [-0.2, 0) is 9.59 Å². The van der Waals surface area contributed by atoms with E-state index in [4.69, 9.17) is 0 Å². The van der Waals surface area contributed by atoms with E-state index >= 15 is 0 Å². The molecule has 6 nitrogen and oxygen atoms in total. The molecule has 0 aromatic rings. The van der Waals surface area contributed by atoms with Gasteiger partial charge in [-0.05, 0) is 12.8 Å². The molecule has 2 N–H and O–H groups in total. The third-order valence-electron chi connectivity index (χ3n) is 2.87. The Morgan fingerprint density at radius 3 is 1.79 bits per heavy atom. The minimum Gasteiger partial charge on any atom is -0.272 e. The van der Waals surface area contributed by atoms with E-state index in [1.54, 1.807) is 0 Å². The zero-order valence-corrected chi connectivity index (χ0v) is 7.28. The van der Waals surface area contributed by atoms with Gasteiger partial charge in [0.25, 0.3) is 0 Å². The maximum Gasteiger partial charge on any atom is 0.249 e. The van der Waals surface area contributed by atoms with Crippen molar-refractivity contribution in [3.63, 3.8) is 0 Å². The van der Waals surface area contributed by atoms with Crippen molar-refractivity contribution in [3.05, 3.63) is 0 Å². The fraction of sp³-hybridized carbons (Fsp3) is 0.500. The molecule has 3 aliphatic rings. The number of rotatable bonds is 0. The van der Waals surface area contributed by atoms with Crippen LogP contribution >= 0.6 is 0 Å². The summed E-state index contributed by atoms with van der Waals surface area (Å²) in [6.07, 6.45) is 1.36. The SMILES string of the molecule is O=C1NN=C2C3=NNC(=O)C3CCC12. The van der Waals surface area contributed by atoms with Gasteiger partial charge in [-0.15, -0.1) is 0 Å². The van der Waals surface area contributed by atoms with E-state index in [0.29, 0.717) is 24.3 Å². The summed E-state index contributed by atoms with van der Waals surface area (Å²) in [7, 11) is 0. The number of nitrogens with zero attached hydrogens (tertiary/aromatic N) is 2. The van der Waals surface area contributed by atoms with Crippen LogP contribution in [0.1, 0.15) is 12.8 Å². The highest BCUT2D eigenvalue weighted by Crippen LogP contribution is 2.29. The second-order valence-electron chi connectivity index (χ2n) is 3.63. The largest absolute Gasteiger partial charge is 0.272 e. The molecule has 0 aromatic carbocycles. The van der Waals surface area contributed by atoms with Gasteiger partial charge in [0, 0.05) is 0 Å². The van der Waals surface area contributed by atoms with Crippen LogP contribution in [0.15, 0.2) is 10.2 Å². The second kappa shape index (κ2) is 2.40. The van der Waals surface area contributed by atoms with Crippen molar-refractivity contribution < 1.29 is 9.59 Å². The Balaban J connectivity index is 2.01. The van der Waals surface area contributed by atoms with Crippen molar-refractivity contribution in [2.45, 2.75) is 12.8 Å². The van der Waals surface area contributed by atoms with Gasteiger partial charge in [-0.3, -0.25) is 9.59 Å². The van der Waals surface area contributed by atoms with Gasteiger partial charge in [0.15, 0.2) is 0 Å². The van der Waals surface area contributed by atoms with E-state index in [0.717, 1.165) is 0 Å². The van der Waals surface area contributed by atoms with Crippen molar-refractivity contribution in [1.82, 2.24) is 10.9 Å². The van der Waals surface area contributed by atoms with Crippen molar-refractivity contribution in [2.75, 3.05) is 0 Å². The molecule has 3 rings (SSSR count). The van der Waals surface area contributed by atoms with Crippen LogP contribution in [0.2, 0.25) is 0 Å². The summed E-state index contributed by atoms with van der Waals surface area (Å²) < 4.78 is 0. The van der Waals surface area contributed by atoms with Crippen molar-refractivity contribution in [1.29, 1.82) is 0 Å². The maximum absolute atomic E-state index is 11.3. The Bertz CT molecular complexity index is 360. The third-order valence-corrected chi connectivity index (χ3v) is 2.87. The van der Waals surface area contributed by atoms with Gasteiger partial charge >= 0.3 is 0 Å². The van der Waals surface area contributed by atoms with Gasteiger partial charge in [0.2, 0.25) is 11.8 Å². The fourth-order valence-corrected chi connectivity index (χ4v) is 2.13. The first kappa shape index (κ1) is 7.66. The highest BCUT2D eigenvalue weighted by molar-refractivity contribution is 6.51. The van der Waals surface area contributed by atoms with Gasteiger partial charge in [-0.1, -0.05) is 0 Å². The van der Waals surface area contributed by atoms with Crippen LogP contribution < -0.4 is 10.9 Å². The van der Waals surface area contributed by atoms with Gasteiger partial charge in [0.1, 0.15) is 0 Å². The molecule has 0 aromatic heterocycles. The Morgan fingerprint density at radius 1 is 0.929 bits per heavy atom. The fourth-order valence-electron chi connectivity index (χ4n) is 2.13. The number of nitrogens with one attached hydrogen (secondary N) is 2. The zero-order valence-electron chi connectivity index (χ0n) is 7.28. The summed E-state index contributed by atoms with van der Waals surface area (Å²) in [5.41, 5.74) is 6.12. The maximum atomic E-state index is 11.3. The monoisotopic (exact) mass is 192 g/mol. The second-order valence-corrected chi connectivity index (χ2v) is 3.63. The molecule has 6 heteroatoms. The van der Waals surface area contributed by atoms with Crippen LogP contribution in [0.4, 0.5) is 0 Å². The van der Waals surface area contributed by atoms with Gasteiger partial charge < -0.3 is 0 Å². The smallest absolute Gasteiger partial charge is 0.249 e. The lowest BCUT2D eigenvalue weighted by atomic mass is 9.79. The lowest BCUT2D eigenvalue weighted by Gasteiger charge is -2.20. The minimum absolute atomic E-state index is 0.0829. The number of hydrazone groups is 2. The number of carbonyl (C=O) groups is 2. The van der Waals surface area contributed by atoms with Gasteiger partial charge in [-0.25, -0.2) is 10.9 Å². The Labute approximate surface area is 79.4 Å². The molecule has 0 spiro atoms. The normalized spacial score (nSPS) is 34.0. The van der Waals surface area contributed by atoms with Crippen LogP contribution in [0.25, 0.3) is 0 Å². The summed E-state index contributed by atoms with van der Waals surface area (Å²) in [5, 5.41) is 7.82. The Morgan fingerprint density at radius 2 is 1.36 bits per heavy atom. The summed E-state index contributed by atoms with van der Waals surface area (Å²) in [5.74, 6) is -0.559. The average molecular weight is 192 g/mol. The van der Waals surface area contributed by atoms with Crippen LogP contribution in [0, 0.1) is 11.8 Å². The number of carbonyl (C=O) groups excluding carboxylic acids is 2. The van der Waals surface area contributed by atoms with Crippen LogP contribution in [0.5, 0.6) is 0 Å². The number of fused-ring (bicyclic) bond motifs is 3.